The van der Waals surface area contributed by atoms with Crippen molar-refractivity contribution in [3.63, 3.8) is 0 Å². The minimum atomic E-state index is -0.508. The first-order valence-electron chi connectivity index (χ1n) is 6.32. The molecule has 1 aromatic carbocycles. The van der Waals surface area contributed by atoms with Crippen LogP contribution in [0.25, 0.3) is 15.8 Å². The van der Waals surface area contributed by atoms with E-state index >= 15 is 0 Å². The second-order valence-electron chi connectivity index (χ2n) is 4.27. The molecule has 0 spiro atoms. The van der Waals surface area contributed by atoms with E-state index in [1.807, 2.05) is 31.4 Å². The molecule has 1 aromatic heterocycles. The van der Waals surface area contributed by atoms with Crippen molar-refractivity contribution in [1.29, 1.82) is 0 Å². The summed E-state index contributed by atoms with van der Waals surface area (Å²) in [5.41, 5.74) is 0.966. The van der Waals surface area contributed by atoms with Crippen LogP contribution in [0.4, 0.5) is 5.69 Å². The number of nitro groups is 1. The third-order valence-electron chi connectivity index (χ3n) is 2.88. The zero-order valence-corrected chi connectivity index (χ0v) is 12.4. The molecule has 0 fully saturated rings. The van der Waals surface area contributed by atoms with Gasteiger partial charge in [0.05, 0.1) is 21.5 Å². The summed E-state index contributed by atoms with van der Waals surface area (Å²) in [4.78, 5) is 26.5. The smallest absolute Gasteiger partial charge is 0.270 e. The van der Waals surface area contributed by atoms with E-state index in [1.165, 1.54) is 30.0 Å². The number of hydrogen-bond donors (Lipinski definition) is 1. The number of benzene rings is 1. The molecule has 0 unspecified atom stereocenters. The summed E-state index contributed by atoms with van der Waals surface area (Å²) in [5.74, 6) is 0. The van der Waals surface area contributed by atoms with Gasteiger partial charge in [-0.2, -0.15) is 0 Å². The number of rotatable bonds is 4. The highest BCUT2D eigenvalue weighted by Gasteiger charge is 2.10. The average molecular weight is 302 g/mol. The molecule has 0 radical (unpaired) electrons. The molecule has 0 aliphatic carbocycles. The van der Waals surface area contributed by atoms with Gasteiger partial charge in [0.1, 0.15) is 0 Å². The Labute approximate surface area is 125 Å². The normalized spacial score (nSPS) is 12.2. The summed E-state index contributed by atoms with van der Waals surface area (Å²) in [6.45, 7) is 3.81. The maximum Gasteiger partial charge on any atom is 0.270 e. The van der Waals surface area contributed by atoms with E-state index in [-0.39, 0.29) is 11.1 Å². The molecule has 6 heteroatoms. The Morgan fingerprint density at radius 1 is 1.33 bits per heavy atom. The zero-order valence-electron chi connectivity index (χ0n) is 11.6. The lowest BCUT2D eigenvalue weighted by Gasteiger charge is -2.06. The fourth-order valence-electron chi connectivity index (χ4n) is 1.91. The lowest BCUT2D eigenvalue weighted by molar-refractivity contribution is -0.384. The topological polar surface area (TPSA) is 76.0 Å². The fourth-order valence-corrected chi connectivity index (χ4v) is 2.57. The second-order valence-corrected chi connectivity index (χ2v) is 5.22. The Bertz CT molecular complexity index is 806. The van der Waals surface area contributed by atoms with Gasteiger partial charge in [0.2, 0.25) is 0 Å². The fraction of sp³-hybridized carbons (Fsp3) is 0.133. The number of hydrogen-bond acceptors (Lipinski definition) is 4. The largest absolute Gasteiger partial charge is 0.354 e. The molecular weight excluding hydrogens is 288 g/mol. The molecule has 5 nitrogen and oxygen atoms in total. The van der Waals surface area contributed by atoms with Crippen LogP contribution >= 0.6 is 11.8 Å². The van der Waals surface area contributed by atoms with Crippen molar-refractivity contribution >= 4 is 33.3 Å². The predicted molar refractivity (Wildman–Crippen MR) is 87.3 cm³/mol. The maximum atomic E-state index is 12.2. The molecule has 1 N–H and O–H groups in total. The van der Waals surface area contributed by atoms with Gasteiger partial charge in [0.15, 0.2) is 5.43 Å². The molecule has 21 heavy (non-hydrogen) atoms. The van der Waals surface area contributed by atoms with Gasteiger partial charge in [-0.05, 0) is 25.3 Å². The van der Waals surface area contributed by atoms with Gasteiger partial charge in [-0.3, -0.25) is 14.9 Å². The molecule has 0 saturated carbocycles. The lowest BCUT2D eigenvalue weighted by Crippen LogP contribution is -2.04. The molecular formula is C15H14N2O3S. The third kappa shape index (κ3) is 3.22. The van der Waals surface area contributed by atoms with Crippen molar-refractivity contribution in [1.82, 2.24) is 4.98 Å². The number of nitro benzene ring substituents is 1. The summed E-state index contributed by atoms with van der Waals surface area (Å²) in [6.07, 6.45) is 3.82. The molecule has 0 aliphatic heterocycles. The van der Waals surface area contributed by atoms with Crippen molar-refractivity contribution in [2.75, 3.05) is 0 Å². The molecule has 2 rings (SSSR count). The zero-order chi connectivity index (χ0) is 15.4. The van der Waals surface area contributed by atoms with Crippen LogP contribution in [0, 0.1) is 10.1 Å². The van der Waals surface area contributed by atoms with Crippen LogP contribution in [0.1, 0.15) is 19.5 Å². The first-order chi connectivity index (χ1) is 10.1. The first-order valence-corrected chi connectivity index (χ1v) is 7.20. The van der Waals surface area contributed by atoms with Crippen molar-refractivity contribution in [3.8, 4) is 0 Å². The summed E-state index contributed by atoms with van der Waals surface area (Å²) in [6, 6.07) is 5.71. The van der Waals surface area contributed by atoms with E-state index < -0.39 is 4.92 Å². The van der Waals surface area contributed by atoms with Crippen molar-refractivity contribution in [2.24, 2.45) is 0 Å². The minimum absolute atomic E-state index is 0.0877. The van der Waals surface area contributed by atoms with Gasteiger partial charge in [-0.1, -0.05) is 23.9 Å². The van der Waals surface area contributed by atoms with Crippen molar-refractivity contribution < 1.29 is 4.92 Å². The van der Waals surface area contributed by atoms with Crippen LogP contribution in [0.15, 0.2) is 46.6 Å². The number of pyridine rings is 1. The van der Waals surface area contributed by atoms with Gasteiger partial charge in [-0.15, -0.1) is 0 Å². The Morgan fingerprint density at radius 3 is 2.71 bits per heavy atom. The number of fused-ring (bicyclic) bond motifs is 1. The number of nitrogens with one attached hydrogen (secondary N) is 1. The molecule has 0 atom stereocenters. The number of nitrogens with zero attached hydrogens (tertiary/aromatic N) is 1. The second kappa shape index (κ2) is 6.41. The van der Waals surface area contributed by atoms with Gasteiger partial charge in [0, 0.05) is 23.1 Å². The number of H-pyrrole nitrogens is 1. The standard InChI is InChI=1S/C15H14N2O3S/c1-3-7-21-15(4-2)13-9-14(18)11-8-10(17(19)20)5-6-12(11)16-13/h3-9H,1-2H3,(H,16,18)/b7-3-,15-4-. The number of aromatic amines is 1. The van der Waals surface area contributed by atoms with Crippen LogP contribution in [-0.2, 0) is 0 Å². The van der Waals surface area contributed by atoms with Gasteiger partial charge in [0.25, 0.3) is 5.69 Å². The first kappa shape index (κ1) is 15.1. The molecule has 0 aliphatic rings. The minimum Gasteiger partial charge on any atom is -0.354 e. The van der Waals surface area contributed by atoms with E-state index in [1.54, 1.807) is 6.07 Å². The molecule has 1 heterocycles. The van der Waals surface area contributed by atoms with Gasteiger partial charge < -0.3 is 4.98 Å². The van der Waals surface area contributed by atoms with Crippen LogP contribution in [-0.4, -0.2) is 9.91 Å². The SMILES string of the molecule is C/C=C\S/C(=C\C)c1cc(=O)c2cc([N+](=O)[O-])ccc2[nH]1. The van der Waals surface area contributed by atoms with Gasteiger partial charge >= 0.3 is 0 Å². The van der Waals surface area contributed by atoms with Crippen molar-refractivity contribution in [2.45, 2.75) is 13.8 Å². The summed E-state index contributed by atoms with van der Waals surface area (Å²) >= 11 is 1.50. The Kier molecular flexibility index (Phi) is 4.59. The number of thioether (sulfide) groups is 1. The van der Waals surface area contributed by atoms with Crippen LogP contribution in [0.3, 0.4) is 0 Å². The molecule has 0 saturated heterocycles. The highest BCUT2D eigenvalue weighted by Crippen LogP contribution is 2.27. The lowest BCUT2D eigenvalue weighted by atomic mass is 10.1. The Balaban J connectivity index is 2.58. The van der Waals surface area contributed by atoms with E-state index in [0.29, 0.717) is 16.6 Å². The summed E-state index contributed by atoms with van der Waals surface area (Å²) in [5, 5.41) is 13.0. The average Bonchev–Trinajstić information content (AvgIpc) is 2.47. The Hall–Kier alpha value is -2.34. The molecule has 0 amide bonds. The monoisotopic (exact) mass is 302 g/mol. The molecule has 0 bridgehead atoms. The van der Waals surface area contributed by atoms with Gasteiger partial charge in [-0.25, -0.2) is 0 Å². The Morgan fingerprint density at radius 2 is 2.10 bits per heavy atom. The molecule has 2 aromatic rings. The number of allylic oxidation sites excluding steroid dienone is 2. The maximum absolute atomic E-state index is 12.2. The molecule has 108 valence electrons. The number of aromatic nitrogens is 1. The van der Waals surface area contributed by atoms with Crippen LogP contribution in [0.2, 0.25) is 0 Å². The predicted octanol–water partition coefficient (Wildman–Crippen LogP) is 4.06. The summed E-state index contributed by atoms with van der Waals surface area (Å²) in [7, 11) is 0. The summed E-state index contributed by atoms with van der Waals surface area (Å²) < 4.78 is 0. The van der Waals surface area contributed by atoms with E-state index in [9.17, 15) is 14.9 Å². The van der Waals surface area contributed by atoms with Crippen LogP contribution in [0.5, 0.6) is 0 Å². The van der Waals surface area contributed by atoms with Crippen molar-refractivity contribution in [3.05, 3.63) is 67.9 Å². The van der Waals surface area contributed by atoms with E-state index in [2.05, 4.69) is 4.98 Å². The third-order valence-corrected chi connectivity index (χ3v) is 4.00. The quantitative estimate of drug-likeness (QED) is 0.682. The van der Waals surface area contributed by atoms with Crippen LogP contribution < -0.4 is 5.43 Å². The highest BCUT2D eigenvalue weighted by molar-refractivity contribution is 8.10. The highest BCUT2D eigenvalue weighted by atomic mass is 32.2. The number of non-ortho nitro benzene ring substituents is 1. The van der Waals surface area contributed by atoms with E-state index in [4.69, 9.17) is 0 Å². The van der Waals surface area contributed by atoms with E-state index in [0.717, 1.165) is 4.91 Å².